The number of anilines is 1. The first-order valence-corrected chi connectivity index (χ1v) is 8.27. The van der Waals surface area contributed by atoms with Crippen LogP contribution in [0.3, 0.4) is 0 Å². The minimum absolute atomic E-state index is 0.0552. The number of nitrogens with zero attached hydrogens (tertiary/aromatic N) is 1. The number of hydrogen-bond donors (Lipinski definition) is 2. The highest BCUT2D eigenvalue weighted by molar-refractivity contribution is 6.33. The molecule has 1 heterocycles. The number of carbonyl (C=O) groups excluding carboxylic acids is 1. The van der Waals surface area contributed by atoms with Gasteiger partial charge in [0.15, 0.2) is 0 Å². The standard InChI is InChI=1S/C16H20ClN3O/c1-2-18-12-6-10(11(17)7-19-12)16(21)20-15-13-8-3-4-9(5-8)14(13)15/h6-9,13-15H,2-5H2,1H3,(H,18,19)(H,20,21). The van der Waals surface area contributed by atoms with Gasteiger partial charge in [0.05, 0.1) is 10.6 Å². The van der Waals surface area contributed by atoms with Gasteiger partial charge in [0.25, 0.3) is 5.91 Å². The van der Waals surface area contributed by atoms with E-state index in [1.807, 2.05) is 6.92 Å². The lowest BCUT2D eigenvalue weighted by molar-refractivity contribution is 0.0944. The molecular weight excluding hydrogens is 286 g/mol. The van der Waals surface area contributed by atoms with Crippen molar-refractivity contribution in [1.29, 1.82) is 0 Å². The first kappa shape index (κ1) is 13.4. The largest absolute Gasteiger partial charge is 0.370 e. The van der Waals surface area contributed by atoms with Crippen LogP contribution in [0.5, 0.6) is 0 Å². The molecule has 1 amide bonds. The third-order valence-corrected chi connectivity index (χ3v) is 5.79. The topological polar surface area (TPSA) is 54.0 Å². The van der Waals surface area contributed by atoms with E-state index in [0.717, 1.165) is 30.2 Å². The van der Waals surface area contributed by atoms with Crippen LogP contribution in [-0.2, 0) is 0 Å². The predicted molar refractivity (Wildman–Crippen MR) is 82.5 cm³/mol. The van der Waals surface area contributed by atoms with Crippen molar-refractivity contribution < 1.29 is 4.79 Å². The number of nitrogens with one attached hydrogen (secondary N) is 2. The normalized spacial score (nSPS) is 35.4. The summed E-state index contributed by atoms with van der Waals surface area (Å²) in [7, 11) is 0. The number of carbonyl (C=O) groups is 1. The summed E-state index contributed by atoms with van der Waals surface area (Å²) in [6, 6.07) is 2.13. The molecule has 1 aromatic rings. The van der Waals surface area contributed by atoms with E-state index in [4.69, 9.17) is 11.6 Å². The number of halogens is 1. The first-order chi connectivity index (χ1) is 10.2. The van der Waals surface area contributed by atoms with E-state index in [-0.39, 0.29) is 5.91 Å². The molecule has 4 nitrogen and oxygen atoms in total. The Bertz CT molecular complexity index is 575. The Morgan fingerprint density at radius 2 is 2.10 bits per heavy atom. The Hall–Kier alpha value is -1.29. The van der Waals surface area contributed by atoms with Gasteiger partial charge in [0, 0.05) is 18.8 Å². The number of fused-ring (bicyclic) bond motifs is 5. The van der Waals surface area contributed by atoms with E-state index in [9.17, 15) is 4.79 Å². The molecule has 0 spiro atoms. The van der Waals surface area contributed by atoms with Crippen molar-refractivity contribution in [3.05, 3.63) is 22.8 Å². The minimum Gasteiger partial charge on any atom is -0.370 e. The molecule has 0 aliphatic heterocycles. The van der Waals surface area contributed by atoms with Crippen LogP contribution >= 0.6 is 11.6 Å². The number of pyridine rings is 1. The van der Waals surface area contributed by atoms with Crippen molar-refractivity contribution in [3.63, 3.8) is 0 Å². The van der Waals surface area contributed by atoms with E-state index in [0.29, 0.717) is 22.4 Å². The molecule has 3 saturated carbocycles. The summed E-state index contributed by atoms with van der Waals surface area (Å²) in [5.74, 6) is 3.83. The zero-order valence-electron chi connectivity index (χ0n) is 12.1. The monoisotopic (exact) mass is 305 g/mol. The molecular formula is C16H20ClN3O. The SMILES string of the molecule is CCNc1cc(C(=O)NC2C3C4CCC(C4)C23)c(Cl)cn1. The van der Waals surface area contributed by atoms with E-state index in [2.05, 4.69) is 15.6 Å². The van der Waals surface area contributed by atoms with E-state index in [1.54, 1.807) is 12.3 Å². The van der Waals surface area contributed by atoms with Crippen molar-refractivity contribution >= 4 is 23.3 Å². The maximum Gasteiger partial charge on any atom is 0.253 e. The fraction of sp³-hybridized carbons (Fsp3) is 0.625. The van der Waals surface area contributed by atoms with Crippen LogP contribution in [0, 0.1) is 23.7 Å². The van der Waals surface area contributed by atoms with Gasteiger partial charge >= 0.3 is 0 Å². The second kappa shape index (κ2) is 4.87. The molecule has 0 saturated heterocycles. The van der Waals surface area contributed by atoms with Gasteiger partial charge in [-0.05, 0) is 55.9 Å². The van der Waals surface area contributed by atoms with Gasteiger partial charge in [0.2, 0.25) is 0 Å². The third kappa shape index (κ3) is 2.11. The van der Waals surface area contributed by atoms with Crippen LogP contribution in [0.1, 0.15) is 36.5 Å². The quantitative estimate of drug-likeness (QED) is 0.899. The van der Waals surface area contributed by atoms with E-state index in [1.165, 1.54) is 19.3 Å². The molecule has 112 valence electrons. The van der Waals surface area contributed by atoms with Crippen LogP contribution in [0.2, 0.25) is 5.02 Å². The highest BCUT2D eigenvalue weighted by Crippen LogP contribution is 2.65. The summed E-state index contributed by atoms with van der Waals surface area (Å²) in [4.78, 5) is 16.7. The molecule has 0 radical (unpaired) electrons. The van der Waals surface area contributed by atoms with Gasteiger partial charge in [0.1, 0.15) is 5.82 Å². The Labute approximate surface area is 129 Å². The Kier molecular flexibility index (Phi) is 3.10. The van der Waals surface area contributed by atoms with Crippen LogP contribution in [0.4, 0.5) is 5.82 Å². The summed E-state index contributed by atoms with van der Waals surface area (Å²) in [6.07, 6.45) is 5.66. The second-order valence-electron chi connectivity index (χ2n) is 6.57. The molecule has 4 atom stereocenters. The highest BCUT2D eigenvalue weighted by atomic mass is 35.5. The molecule has 0 aromatic carbocycles. The summed E-state index contributed by atoms with van der Waals surface area (Å²) in [5.41, 5.74) is 0.528. The van der Waals surface area contributed by atoms with E-state index >= 15 is 0 Å². The summed E-state index contributed by atoms with van der Waals surface area (Å²) >= 11 is 6.13. The highest BCUT2D eigenvalue weighted by Gasteiger charge is 2.65. The van der Waals surface area contributed by atoms with Crippen LogP contribution < -0.4 is 10.6 Å². The van der Waals surface area contributed by atoms with Gasteiger partial charge in [-0.25, -0.2) is 4.98 Å². The molecule has 1 aromatic heterocycles. The lowest BCUT2D eigenvalue weighted by Crippen LogP contribution is -2.30. The fourth-order valence-corrected chi connectivity index (χ4v) is 4.83. The lowest BCUT2D eigenvalue weighted by Gasteiger charge is -2.12. The lowest BCUT2D eigenvalue weighted by atomic mass is 10.0. The molecule has 3 aliphatic carbocycles. The average Bonchev–Trinajstić information content (AvgIpc) is 2.86. The molecule has 3 aliphatic rings. The smallest absolute Gasteiger partial charge is 0.253 e. The zero-order valence-corrected chi connectivity index (χ0v) is 12.9. The average molecular weight is 306 g/mol. The Morgan fingerprint density at radius 1 is 1.38 bits per heavy atom. The van der Waals surface area contributed by atoms with Gasteiger partial charge in [-0.1, -0.05) is 11.6 Å². The number of hydrogen-bond acceptors (Lipinski definition) is 3. The van der Waals surface area contributed by atoms with Gasteiger partial charge in [-0.3, -0.25) is 4.79 Å². The van der Waals surface area contributed by atoms with Crippen molar-refractivity contribution in [2.45, 2.75) is 32.2 Å². The molecule has 2 bridgehead atoms. The maximum absolute atomic E-state index is 12.5. The molecule has 4 rings (SSSR count). The fourth-order valence-electron chi connectivity index (χ4n) is 4.64. The maximum atomic E-state index is 12.5. The molecule has 21 heavy (non-hydrogen) atoms. The van der Waals surface area contributed by atoms with Crippen molar-refractivity contribution in [3.8, 4) is 0 Å². The first-order valence-electron chi connectivity index (χ1n) is 7.89. The minimum atomic E-state index is -0.0552. The summed E-state index contributed by atoms with van der Waals surface area (Å²) in [5, 5.41) is 6.74. The molecule has 4 unspecified atom stereocenters. The van der Waals surface area contributed by atoms with Gasteiger partial charge < -0.3 is 10.6 Å². The van der Waals surface area contributed by atoms with Crippen LogP contribution in [0.15, 0.2) is 12.3 Å². The number of amides is 1. The molecule has 3 fully saturated rings. The zero-order chi connectivity index (χ0) is 14.6. The number of aromatic nitrogens is 1. The molecule has 2 N–H and O–H groups in total. The Balaban J connectivity index is 1.47. The van der Waals surface area contributed by atoms with Gasteiger partial charge in [-0.15, -0.1) is 0 Å². The van der Waals surface area contributed by atoms with E-state index < -0.39 is 0 Å². The van der Waals surface area contributed by atoms with Crippen molar-refractivity contribution in [1.82, 2.24) is 10.3 Å². The van der Waals surface area contributed by atoms with Crippen molar-refractivity contribution in [2.24, 2.45) is 23.7 Å². The Morgan fingerprint density at radius 3 is 2.76 bits per heavy atom. The predicted octanol–water partition coefficient (Wildman–Crippen LogP) is 2.94. The van der Waals surface area contributed by atoms with Crippen LogP contribution in [0.25, 0.3) is 0 Å². The molecule has 5 heteroatoms. The second-order valence-corrected chi connectivity index (χ2v) is 6.97. The third-order valence-electron chi connectivity index (χ3n) is 5.49. The summed E-state index contributed by atoms with van der Waals surface area (Å²) < 4.78 is 0. The number of rotatable bonds is 4. The summed E-state index contributed by atoms with van der Waals surface area (Å²) in [6.45, 7) is 2.77. The van der Waals surface area contributed by atoms with Crippen LogP contribution in [-0.4, -0.2) is 23.5 Å². The van der Waals surface area contributed by atoms with Crippen molar-refractivity contribution in [2.75, 3.05) is 11.9 Å². The van der Waals surface area contributed by atoms with Gasteiger partial charge in [-0.2, -0.15) is 0 Å².